The van der Waals surface area contributed by atoms with E-state index in [1.165, 1.54) is 0 Å². The average Bonchev–Trinajstić information content (AvgIpc) is 3.27. The van der Waals surface area contributed by atoms with Gasteiger partial charge >= 0.3 is 0 Å². The lowest BCUT2D eigenvalue weighted by atomic mass is 10.3. The van der Waals surface area contributed by atoms with Crippen LogP contribution >= 0.6 is 11.3 Å². The molecule has 1 aliphatic carbocycles. The lowest BCUT2D eigenvalue weighted by molar-refractivity contribution is -0.117. The van der Waals surface area contributed by atoms with Crippen molar-refractivity contribution in [3.8, 4) is 5.69 Å². The third-order valence-electron chi connectivity index (χ3n) is 4.45. The number of rotatable bonds is 6. The maximum Gasteiger partial charge on any atom is 0.274 e. The van der Waals surface area contributed by atoms with Gasteiger partial charge in [-0.3, -0.25) is 9.59 Å². The minimum atomic E-state index is -0.181. The first kappa shape index (κ1) is 17.5. The van der Waals surface area contributed by atoms with Gasteiger partial charge < -0.3 is 10.2 Å². The van der Waals surface area contributed by atoms with Crippen molar-refractivity contribution in [1.82, 2.24) is 14.7 Å². The van der Waals surface area contributed by atoms with Crippen molar-refractivity contribution in [3.05, 3.63) is 64.5 Å². The molecule has 138 valence electrons. The van der Waals surface area contributed by atoms with E-state index >= 15 is 0 Å². The molecule has 0 bridgehead atoms. The monoisotopic (exact) mass is 380 g/mol. The molecule has 0 saturated heterocycles. The van der Waals surface area contributed by atoms with E-state index in [0.29, 0.717) is 18.1 Å². The Hall–Kier alpha value is -2.93. The second-order valence-corrected chi connectivity index (χ2v) is 7.70. The first-order valence-electron chi connectivity index (χ1n) is 8.86. The van der Waals surface area contributed by atoms with E-state index in [2.05, 4.69) is 10.4 Å². The van der Waals surface area contributed by atoms with Gasteiger partial charge in [0.05, 0.1) is 12.2 Å². The van der Waals surface area contributed by atoms with E-state index in [0.717, 1.165) is 23.4 Å². The highest BCUT2D eigenvalue weighted by atomic mass is 32.1. The number of carbonyl (C=O) groups is 2. The van der Waals surface area contributed by atoms with E-state index < -0.39 is 0 Å². The van der Waals surface area contributed by atoms with Gasteiger partial charge in [0.2, 0.25) is 5.91 Å². The summed E-state index contributed by atoms with van der Waals surface area (Å²) < 4.78 is 1.62. The molecular formula is C20H20N4O2S. The Morgan fingerprint density at radius 2 is 2.00 bits per heavy atom. The van der Waals surface area contributed by atoms with E-state index in [1.807, 2.05) is 47.8 Å². The lowest BCUT2D eigenvalue weighted by Crippen LogP contribution is -2.26. The van der Waals surface area contributed by atoms with Crippen LogP contribution in [-0.2, 0) is 11.3 Å². The number of para-hydroxylation sites is 1. The Balaban J connectivity index is 1.61. The molecule has 6 nitrogen and oxygen atoms in total. The molecule has 0 unspecified atom stereocenters. The summed E-state index contributed by atoms with van der Waals surface area (Å²) in [4.78, 5) is 27.8. The van der Waals surface area contributed by atoms with Gasteiger partial charge in [-0.05, 0) is 36.4 Å². The van der Waals surface area contributed by atoms with Crippen molar-refractivity contribution in [2.75, 3.05) is 12.4 Å². The Labute approximate surface area is 161 Å². The van der Waals surface area contributed by atoms with E-state index in [4.69, 9.17) is 0 Å². The van der Waals surface area contributed by atoms with Crippen LogP contribution in [0.15, 0.2) is 53.9 Å². The van der Waals surface area contributed by atoms with Gasteiger partial charge in [0, 0.05) is 23.9 Å². The molecule has 1 fully saturated rings. The first-order chi connectivity index (χ1) is 13.1. The van der Waals surface area contributed by atoms with Crippen molar-refractivity contribution in [3.63, 3.8) is 0 Å². The maximum atomic E-state index is 12.8. The number of aromatic nitrogens is 2. The molecule has 2 heterocycles. The predicted octanol–water partition coefficient (Wildman–Crippen LogP) is 3.55. The number of anilines is 1. The second-order valence-electron chi connectivity index (χ2n) is 6.67. The number of carbonyl (C=O) groups excluding carboxylic acids is 2. The smallest absolute Gasteiger partial charge is 0.274 e. The molecule has 1 aliphatic rings. The summed E-state index contributed by atoms with van der Waals surface area (Å²) in [6.45, 7) is 0.526. The van der Waals surface area contributed by atoms with Gasteiger partial charge in [0.15, 0.2) is 5.69 Å². The summed E-state index contributed by atoms with van der Waals surface area (Å²) in [5, 5.41) is 9.39. The second kappa shape index (κ2) is 7.36. The van der Waals surface area contributed by atoms with E-state index in [-0.39, 0.29) is 17.7 Å². The minimum absolute atomic E-state index is 0.0157. The summed E-state index contributed by atoms with van der Waals surface area (Å²) in [7, 11) is 1.76. The predicted molar refractivity (Wildman–Crippen MR) is 105 cm³/mol. The SMILES string of the molecule is CN(Cc1cccs1)C(=O)c1cc(NC(=O)C2CC2)n(-c2ccccc2)n1. The summed E-state index contributed by atoms with van der Waals surface area (Å²) in [5.41, 5.74) is 1.10. The normalized spacial score (nSPS) is 13.4. The molecule has 27 heavy (non-hydrogen) atoms. The fourth-order valence-corrected chi connectivity index (χ4v) is 3.58. The molecule has 1 N–H and O–H groups in total. The van der Waals surface area contributed by atoms with Crippen LogP contribution in [-0.4, -0.2) is 33.5 Å². The third kappa shape index (κ3) is 3.93. The van der Waals surface area contributed by atoms with Crippen LogP contribution < -0.4 is 5.32 Å². The molecule has 0 atom stereocenters. The molecule has 1 aromatic carbocycles. The van der Waals surface area contributed by atoms with Crippen molar-refractivity contribution < 1.29 is 9.59 Å². The summed E-state index contributed by atoms with van der Waals surface area (Å²) in [6, 6.07) is 15.1. The third-order valence-corrected chi connectivity index (χ3v) is 5.31. The number of amides is 2. The summed E-state index contributed by atoms with van der Waals surface area (Å²) >= 11 is 1.61. The maximum absolute atomic E-state index is 12.8. The summed E-state index contributed by atoms with van der Waals surface area (Å²) in [6.07, 6.45) is 1.83. The van der Waals surface area contributed by atoms with Gasteiger partial charge in [-0.25, -0.2) is 4.68 Å². The zero-order chi connectivity index (χ0) is 18.8. The van der Waals surface area contributed by atoms with Crippen molar-refractivity contribution in [1.29, 1.82) is 0 Å². The van der Waals surface area contributed by atoms with Crippen LogP contribution in [0.5, 0.6) is 0 Å². The number of hydrogen-bond donors (Lipinski definition) is 1. The molecule has 0 spiro atoms. The molecule has 7 heteroatoms. The van der Waals surface area contributed by atoms with Crippen LogP contribution in [0.25, 0.3) is 5.69 Å². The van der Waals surface area contributed by atoms with Gasteiger partial charge in [-0.2, -0.15) is 5.10 Å². The van der Waals surface area contributed by atoms with Crippen LogP contribution in [0.4, 0.5) is 5.82 Å². The number of hydrogen-bond acceptors (Lipinski definition) is 4. The Bertz CT molecular complexity index is 946. The fraction of sp³-hybridized carbons (Fsp3) is 0.250. The molecule has 0 radical (unpaired) electrons. The standard InChI is InChI=1S/C20H20N4O2S/c1-23(13-16-8-5-11-27-16)20(26)17-12-18(21-19(25)14-9-10-14)24(22-17)15-6-3-2-4-7-15/h2-8,11-12,14H,9-10,13H2,1H3,(H,21,25). The lowest BCUT2D eigenvalue weighted by Gasteiger charge is -2.14. The minimum Gasteiger partial charge on any atom is -0.335 e. The summed E-state index contributed by atoms with van der Waals surface area (Å²) in [5.74, 6) is 0.397. The highest BCUT2D eigenvalue weighted by Gasteiger charge is 2.31. The highest BCUT2D eigenvalue weighted by Crippen LogP contribution is 2.30. The molecule has 2 amide bonds. The molecule has 3 aromatic rings. The van der Waals surface area contributed by atoms with Gasteiger partial charge in [0.25, 0.3) is 5.91 Å². The average molecular weight is 380 g/mol. The van der Waals surface area contributed by atoms with Gasteiger partial charge in [-0.1, -0.05) is 24.3 Å². The van der Waals surface area contributed by atoms with Crippen molar-refractivity contribution in [2.45, 2.75) is 19.4 Å². The van der Waals surface area contributed by atoms with Gasteiger partial charge in [0.1, 0.15) is 5.82 Å². The van der Waals surface area contributed by atoms with E-state index in [9.17, 15) is 9.59 Å². The van der Waals surface area contributed by atoms with Crippen LogP contribution in [0.3, 0.4) is 0 Å². The number of nitrogens with zero attached hydrogens (tertiary/aromatic N) is 3. The van der Waals surface area contributed by atoms with E-state index in [1.54, 1.807) is 34.0 Å². The Morgan fingerprint density at radius 1 is 1.22 bits per heavy atom. The molecule has 2 aromatic heterocycles. The number of thiophene rings is 1. The quantitative estimate of drug-likeness (QED) is 0.711. The molecule has 0 aliphatic heterocycles. The first-order valence-corrected chi connectivity index (χ1v) is 9.74. The number of benzene rings is 1. The van der Waals surface area contributed by atoms with Crippen LogP contribution in [0.1, 0.15) is 28.2 Å². The van der Waals surface area contributed by atoms with Crippen LogP contribution in [0.2, 0.25) is 0 Å². The highest BCUT2D eigenvalue weighted by molar-refractivity contribution is 7.09. The number of nitrogens with one attached hydrogen (secondary N) is 1. The zero-order valence-corrected chi connectivity index (χ0v) is 15.8. The largest absolute Gasteiger partial charge is 0.335 e. The van der Waals surface area contributed by atoms with Crippen molar-refractivity contribution >= 4 is 29.0 Å². The van der Waals surface area contributed by atoms with Crippen LogP contribution in [0, 0.1) is 5.92 Å². The van der Waals surface area contributed by atoms with Gasteiger partial charge in [-0.15, -0.1) is 11.3 Å². The molecule has 4 rings (SSSR count). The van der Waals surface area contributed by atoms with Crippen molar-refractivity contribution in [2.24, 2.45) is 5.92 Å². The molecule has 1 saturated carbocycles. The topological polar surface area (TPSA) is 67.2 Å². The fourth-order valence-electron chi connectivity index (χ4n) is 2.82. The molecular weight excluding hydrogens is 360 g/mol. The Morgan fingerprint density at radius 3 is 2.67 bits per heavy atom. The Kier molecular flexibility index (Phi) is 4.77. The zero-order valence-electron chi connectivity index (χ0n) is 15.0.